The number of nitrogens with zero attached hydrogens (tertiary/aromatic N) is 3. The summed E-state index contributed by atoms with van der Waals surface area (Å²) in [6, 6.07) is 5.85. The first kappa shape index (κ1) is 22.1. The van der Waals surface area contributed by atoms with Crippen LogP contribution in [-0.2, 0) is 24.3 Å². The number of amides is 1. The minimum absolute atomic E-state index is 0.0426. The highest BCUT2D eigenvalue weighted by Crippen LogP contribution is 2.25. The van der Waals surface area contributed by atoms with Gasteiger partial charge in [0.15, 0.2) is 4.34 Å². The highest BCUT2D eigenvalue weighted by atomic mass is 32.2. The summed E-state index contributed by atoms with van der Waals surface area (Å²) in [7, 11) is 0.226. The standard InChI is InChI=1S/C15H18N4O6S3/c1-19(28(22,23)11-6-4-10(24-2)5-7-11)8-12(20)16-14-17-18-15(27-14)26-9-13(21)25-3/h4-7H,8-9H2,1-3H3,(H,16,17,20). The molecule has 0 saturated heterocycles. The van der Waals surface area contributed by atoms with E-state index in [0.717, 1.165) is 27.4 Å². The molecule has 0 atom stereocenters. The van der Waals surface area contributed by atoms with Crippen molar-refractivity contribution in [3.05, 3.63) is 24.3 Å². The van der Waals surface area contributed by atoms with Crippen LogP contribution in [0.25, 0.3) is 0 Å². The minimum atomic E-state index is -3.84. The molecule has 1 amide bonds. The molecular formula is C15H18N4O6S3. The fourth-order valence-electron chi connectivity index (χ4n) is 1.87. The molecule has 1 aromatic heterocycles. The lowest BCUT2D eigenvalue weighted by Crippen LogP contribution is -2.34. The van der Waals surface area contributed by atoms with Crippen molar-refractivity contribution in [2.24, 2.45) is 0 Å². The van der Waals surface area contributed by atoms with Gasteiger partial charge >= 0.3 is 5.97 Å². The lowest BCUT2D eigenvalue weighted by molar-refractivity contribution is -0.137. The van der Waals surface area contributed by atoms with E-state index in [-0.39, 0.29) is 15.8 Å². The van der Waals surface area contributed by atoms with Gasteiger partial charge in [0.05, 0.1) is 31.4 Å². The Morgan fingerprint density at radius 3 is 2.50 bits per heavy atom. The van der Waals surface area contributed by atoms with Crippen LogP contribution in [-0.4, -0.2) is 68.4 Å². The number of carbonyl (C=O) groups excluding carboxylic acids is 2. The lowest BCUT2D eigenvalue weighted by atomic mass is 10.3. The first-order valence-corrected chi connectivity index (χ1v) is 10.9. The third kappa shape index (κ3) is 5.89. The third-order valence-corrected chi connectivity index (χ3v) is 7.09. The number of rotatable bonds is 9. The molecule has 1 heterocycles. The molecule has 0 aliphatic heterocycles. The number of anilines is 1. The van der Waals surface area contributed by atoms with Crippen molar-refractivity contribution in [1.29, 1.82) is 0 Å². The maximum Gasteiger partial charge on any atom is 0.316 e. The van der Waals surface area contributed by atoms with Gasteiger partial charge in [-0.2, -0.15) is 4.31 Å². The predicted octanol–water partition coefficient (Wildman–Crippen LogP) is 1.07. The van der Waals surface area contributed by atoms with E-state index in [1.165, 1.54) is 45.5 Å². The summed E-state index contributed by atoms with van der Waals surface area (Å²) in [6.45, 7) is -0.404. The topological polar surface area (TPSA) is 128 Å². The van der Waals surface area contributed by atoms with Crippen LogP contribution >= 0.6 is 23.1 Å². The molecule has 13 heteroatoms. The van der Waals surface area contributed by atoms with Crippen LogP contribution < -0.4 is 10.1 Å². The summed E-state index contributed by atoms with van der Waals surface area (Å²) < 4.78 is 36.0. The summed E-state index contributed by atoms with van der Waals surface area (Å²) in [5, 5.41) is 10.3. The van der Waals surface area contributed by atoms with Crippen molar-refractivity contribution in [3.63, 3.8) is 0 Å². The van der Waals surface area contributed by atoms with Crippen molar-refractivity contribution >= 4 is 50.1 Å². The quantitative estimate of drug-likeness (QED) is 0.342. The second kappa shape index (κ2) is 9.82. The molecular weight excluding hydrogens is 428 g/mol. The molecule has 0 bridgehead atoms. The van der Waals surface area contributed by atoms with Crippen molar-refractivity contribution < 1.29 is 27.5 Å². The molecule has 1 N–H and O–H groups in total. The van der Waals surface area contributed by atoms with E-state index in [2.05, 4.69) is 20.3 Å². The molecule has 0 aliphatic carbocycles. The van der Waals surface area contributed by atoms with Crippen molar-refractivity contribution in [3.8, 4) is 5.75 Å². The first-order valence-electron chi connectivity index (χ1n) is 7.69. The Hall–Kier alpha value is -2.22. The van der Waals surface area contributed by atoms with Crippen LogP contribution in [0, 0.1) is 0 Å². The van der Waals surface area contributed by atoms with Gasteiger partial charge in [-0.25, -0.2) is 8.42 Å². The zero-order chi connectivity index (χ0) is 20.7. The second-order valence-electron chi connectivity index (χ2n) is 5.22. The molecule has 0 unspecified atom stereocenters. The molecule has 28 heavy (non-hydrogen) atoms. The fourth-order valence-corrected chi connectivity index (χ4v) is 4.60. The van der Waals surface area contributed by atoms with E-state index in [0.29, 0.717) is 10.1 Å². The number of hydrogen-bond donors (Lipinski definition) is 1. The molecule has 10 nitrogen and oxygen atoms in total. The maximum atomic E-state index is 12.5. The molecule has 0 fully saturated rings. The van der Waals surface area contributed by atoms with Gasteiger partial charge in [0.25, 0.3) is 0 Å². The van der Waals surface area contributed by atoms with E-state index in [1.54, 1.807) is 0 Å². The summed E-state index contributed by atoms with van der Waals surface area (Å²) in [5.74, 6) is -0.380. The van der Waals surface area contributed by atoms with Gasteiger partial charge < -0.3 is 9.47 Å². The lowest BCUT2D eigenvalue weighted by Gasteiger charge is -2.16. The molecule has 2 rings (SSSR count). The number of carbonyl (C=O) groups is 2. The van der Waals surface area contributed by atoms with E-state index in [9.17, 15) is 18.0 Å². The monoisotopic (exact) mass is 446 g/mol. The third-order valence-electron chi connectivity index (χ3n) is 3.33. The average Bonchev–Trinajstić information content (AvgIpc) is 3.13. The largest absolute Gasteiger partial charge is 0.497 e. The van der Waals surface area contributed by atoms with E-state index in [4.69, 9.17) is 4.74 Å². The van der Waals surface area contributed by atoms with Crippen LogP contribution in [0.5, 0.6) is 5.75 Å². The molecule has 0 spiro atoms. The molecule has 2 aromatic rings. The van der Waals surface area contributed by atoms with Crippen molar-refractivity contribution in [2.75, 3.05) is 38.9 Å². The predicted molar refractivity (Wildman–Crippen MR) is 104 cm³/mol. The van der Waals surface area contributed by atoms with Gasteiger partial charge in [0.1, 0.15) is 5.75 Å². The second-order valence-corrected chi connectivity index (χ2v) is 9.47. The van der Waals surface area contributed by atoms with Crippen LogP contribution in [0.4, 0.5) is 5.13 Å². The number of methoxy groups -OCH3 is 2. The Bertz CT molecular complexity index is 930. The number of nitrogens with one attached hydrogen (secondary N) is 1. The molecule has 152 valence electrons. The first-order chi connectivity index (χ1) is 13.3. The van der Waals surface area contributed by atoms with Crippen molar-refractivity contribution in [2.45, 2.75) is 9.24 Å². The number of likely N-dealkylation sites (N-methyl/N-ethyl adjacent to an activating group) is 1. The zero-order valence-electron chi connectivity index (χ0n) is 15.2. The SMILES string of the molecule is COC(=O)CSc1nnc(NC(=O)CN(C)S(=O)(=O)c2ccc(OC)cc2)s1. The Labute approximate surface area is 170 Å². The van der Waals surface area contributed by atoms with E-state index in [1.807, 2.05) is 0 Å². The Morgan fingerprint density at radius 1 is 1.21 bits per heavy atom. The Balaban J connectivity index is 1.94. The van der Waals surface area contributed by atoms with Gasteiger partial charge in [-0.05, 0) is 24.3 Å². The number of thioether (sulfide) groups is 1. The number of ether oxygens (including phenoxy) is 2. The number of aromatic nitrogens is 2. The van der Waals surface area contributed by atoms with Gasteiger partial charge in [0.2, 0.25) is 21.1 Å². The number of hydrogen-bond acceptors (Lipinski definition) is 10. The van der Waals surface area contributed by atoms with Crippen LogP contribution in [0.15, 0.2) is 33.5 Å². The molecule has 0 aliphatic rings. The fraction of sp³-hybridized carbons (Fsp3) is 0.333. The normalized spacial score (nSPS) is 11.3. The highest BCUT2D eigenvalue weighted by molar-refractivity contribution is 8.01. The summed E-state index contributed by atoms with van der Waals surface area (Å²) >= 11 is 2.19. The summed E-state index contributed by atoms with van der Waals surface area (Å²) in [5.41, 5.74) is 0. The minimum Gasteiger partial charge on any atom is -0.497 e. The summed E-state index contributed by atoms with van der Waals surface area (Å²) in [4.78, 5) is 23.3. The highest BCUT2D eigenvalue weighted by Gasteiger charge is 2.23. The smallest absolute Gasteiger partial charge is 0.316 e. The van der Waals surface area contributed by atoms with E-state index < -0.39 is 28.4 Å². The van der Waals surface area contributed by atoms with Crippen LogP contribution in [0.3, 0.4) is 0 Å². The van der Waals surface area contributed by atoms with Crippen molar-refractivity contribution in [1.82, 2.24) is 14.5 Å². The maximum absolute atomic E-state index is 12.5. The van der Waals surface area contributed by atoms with Gasteiger partial charge in [-0.1, -0.05) is 23.1 Å². The molecule has 0 saturated carbocycles. The number of benzene rings is 1. The van der Waals surface area contributed by atoms with Gasteiger partial charge in [-0.15, -0.1) is 10.2 Å². The average molecular weight is 447 g/mol. The van der Waals surface area contributed by atoms with E-state index >= 15 is 0 Å². The molecule has 1 aromatic carbocycles. The van der Waals surface area contributed by atoms with Crippen LogP contribution in [0.2, 0.25) is 0 Å². The van der Waals surface area contributed by atoms with Crippen LogP contribution in [0.1, 0.15) is 0 Å². The number of sulfonamides is 1. The van der Waals surface area contributed by atoms with Gasteiger partial charge in [-0.3, -0.25) is 14.9 Å². The summed E-state index contributed by atoms with van der Waals surface area (Å²) in [6.07, 6.45) is 0. The molecule has 0 radical (unpaired) electrons. The number of esters is 1. The zero-order valence-corrected chi connectivity index (χ0v) is 17.7. The van der Waals surface area contributed by atoms with Gasteiger partial charge in [0, 0.05) is 7.05 Å². The Kier molecular flexibility index (Phi) is 7.74. The Morgan fingerprint density at radius 2 is 1.89 bits per heavy atom.